The van der Waals surface area contributed by atoms with E-state index < -0.39 is 11.9 Å². The summed E-state index contributed by atoms with van der Waals surface area (Å²) in [6, 6.07) is 9.65. The average Bonchev–Trinajstić information content (AvgIpc) is 2.36. The van der Waals surface area contributed by atoms with Crippen LogP contribution < -0.4 is 4.90 Å². The van der Waals surface area contributed by atoms with Crippen molar-refractivity contribution >= 4 is 17.6 Å². The van der Waals surface area contributed by atoms with Crippen LogP contribution in [0.25, 0.3) is 0 Å². The number of hydrogen-bond donors (Lipinski definition) is 1. The van der Waals surface area contributed by atoms with Crippen molar-refractivity contribution in [2.24, 2.45) is 17.8 Å². The Kier molecular flexibility index (Phi) is 3.95. The summed E-state index contributed by atoms with van der Waals surface area (Å²) in [6.45, 7) is 0.728. The summed E-state index contributed by atoms with van der Waals surface area (Å²) in [5.41, 5.74) is 0.894. The zero-order valence-corrected chi connectivity index (χ0v) is 12.1. The normalized spacial score (nSPS) is 24.8. The first-order valence-corrected chi connectivity index (χ1v) is 7.76. The van der Waals surface area contributed by atoms with E-state index in [1.54, 1.807) is 0 Å². The molecular formula is C17H21NO3. The predicted octanol–water partition coefficient (Wildman–Crippen LogP) is 2.93. The zero-order valence-electron chi connectivity index (χ0n) is 12.1. The van der Waals surface area contributed by atoms with Crippen LogP contribution in [0, 0.1) is 17.8 Å². The number of hydrogen-bond acceptors (Lipinski definition) is 2. The van der Waals surface area contributed by atoms with Crippen LogP contribution in [0.4, 0.5) is 5.69 Å². The molecule has 2 aliphatic carbocycles. The number of nitrogens with zero attached hydrogens (tertiary/aromatic N) is 1. The molecule has 2 aliphatic rings. The van der Waals surface area contributed by atoms with Gasteiger partial charge in [0.25, 0.3) is 0 Å². The Morgan fingerprint density at radius 2 is 1.71 bits per heavy atom. The predicted molar refractivity (Wildman–Crippen MR) is 80.0 cm³/mol. The fourth-order valence-corrected chi connectivity index (χ4v) is 3.16. The third kappa shape index (κ3) is 2.80. The lowest BCUT2D eigenvalue weighted by Gasteiger charge is -2.39. The smallest absolute Gasteiger partial charge is 0.307 e. The van der Waals surface area contributed by atoms with Crippen LogP contribution in [0.5, 0.6) is 0 Å². The summed E-state index contributed by atoms with van der Waals surface area (Å²) in [5.74, 6) is -1.12. The molecule has 1 amide bonds. The van der Waals surface area contributed by atoms with E-state index in [1.807, 2.05) is 35.2 Å². The molecular weight excluding hydrogens is 266 g/mol. The lowest BCUT2D eigenvalue weighted by atomic mass is 9.72. The molecule has 2 saturated carbocycles. The summed E-state index contributed by atoms with van der Waals surface area (Å²) >= 11 is 0. The van der Waals surface area contributed by atoms with Gasteiger partial charge in [-0.3, -0.25) is 9.59 Å². The number of rotatable bonds is 5. The standard InChI is InChI=1S/C17H21NO3/c19-16(14-9-10-15(14)17(20)21)18(11-12-5-4-6-12)13-7-2-1-3-8-13/h1-3,7-8,12,14-15H,4-6,9-11H2,(H,20,21). The van der Waals surface area contributed by atoms with Crippen molar-refractivity contribution in [2.75, 3.05) is 11.4 Å². The Hall–Kier alpha value is -1.84. The maximum absolute atomic E-state index is 12.8. The number of anilines is 1. The molecule has 2 fully saturated rings. The number of amides is 1. The van der Waals surface area contributed by atoms with Crippen LogP contribution in [0.3, 0.4) is 0 Å². The molecule has 0 aromatic heterocycles. The van der Waals surface area contributed by atoms with Gasteiger partial charge in [0.15, 0.2) is 0 Å². The van der Waals surface area contributed by atoms with E-state index in [0.717, 1.165) is 12.2 Å². The molecule has 4 nitrogen and oxygen atoms in total. The van der Waals surface area contributed by atoms with Crippen molar-refractivity contribution in [3.8, 4) is 0 Å². The SMILES string of the molecule is O=C(O)C1CCC1C(=O)N(CC1CCC1)c1ccccc1. The molecule has 0 saturated heterocycles. The number of carbonyl (C=O) groups is 2. The molecule has 0 heterocycles. The van der Waals surface area contributed by atoms with Gasteiger partial charge in [-0.2, -0.15) is 0 Å². The number of para-hydroxylation sites is 1. The lowest BCUT2D eigenvalue weighted by Crippen LogP contribution is -2.48. The van der Waals surface area contributed by atoms with Crippen molar-refractivity contribution in [1.29, 1.82) is 0 Å². The fraction of sp³-hybridized carbons (Fsp3) is 0.529. The maximum Gasteiger partial charge on any atom is 0.307 e. The molecule has 2 atom stereocenters. The molecule has 1 N–H and O–H groups in total. The van der Waals surface area contributed by atoms with Crippen LogP contribution >= 0.6 is 0 Å². The molecule has 1 aromatic carbocycles. The Labute approximate surface area is 124 Å². The molecule has 0 spiro atoms. The van der Waals surface area contributed by atoms with Gasteiger partial charge in [0.1, 0.15) is 0 Å². The minimum Gasteiger partial charge on any atom is -0.481 e. The monoisotopic (exact) mass is 287 g/mol. The van der Waals surface area contributed by atoms with Gasteiger partial charge in [0.2, 0.25) is 5.91 Å². The van der Waals surface area contributed by atoms with Gasteiger partial charge in [-0.15, -0.1) is 0 Å². The highest BCUT2D eigenvalue weighted by atomic mass is 16.4. The van der Waals surface area contributed by atoms with E-state index in [-0.39, 0.29) is 11.8 Å². The average molecular weight is 287 g/mol. The molecule has 1 aromatic rings. The molecule has 0 radical (unpaired) electrons. The Morgan fingerprint density at radius 3 is 2.19 bits per heavy atom. The number of carboxylic acid groups (broad SMARTS) is 1. The first kappa shape index (κ1) is 14.1. The number of benzene rings is 1. The molecule has 21 heavy (non-hydrogen) atoms. The highest BCUT2D eigenvalue weighted by Gasteiger charge is 2.43. The van der Waals surface area contributed by atoms with E-state index in [1.165, 1.54) is 19.3 Å². The quantitative estimate of drug-likeness (QED) is 0.906. The van der Waals surface area contributed by atoms with Gasteiger partial charge in [-0.25, -0.2) is 0 Å². The van der Waals surface area contributed by atoms with Crippen LogP contribution in [0.2, 0.25) is 0 Å². The number of aliphatic carboxylic acids is 1. The van der Waals surface area contributed by atoms with Gasteiger partial charge in [0.05, 0.1) is 11.8 Å². The third-order valence-corrected chi connectivity index (χ3v) is 4.91. The minimum atomic E-state index is -0.837. The number of carbonyl (C=O) groups excluding carboxylic acids is 1. The van der Waals surface area contributed by atoms with Gasteiger partial charge in [0, 0.05) is 12.2 Å². The summed E-state index contributed by atoms with van der Waals surface area (Å²) < 4.78 is 0. The molecule has 4 heteroatoms. The second-order valence-corrected chi connectivity index (χ2v) is 6.21. The first-order valence-electron chi connectivity index (χ1n) is 7.76. The summed E-state index contributed by atoms with van der Waals surface area (Å²) in [5, 5.41) is 9.17. The fourth-order valence-electron chi connectivity index (χ4n) is 3.16. The second kappa shape index (κ2) is 5.88. The van der Waals surface area contributed by atoms with Crippen LogP contribution in [-0.4, -0.2) is 23.5 Å². The van der Waals surface area contributed by atoms with Gasteiger partial charge in [-0.1, -0.05) is 24.6 Å². The van der Waals surface area contributed by atoms with Crippen LogP contribution in [-0.2, 0) is 9.59 Å². The Bertz CT molecular complexity index is 524. The van der Waals surface area contributed by atoms with Gasteiger partial charge >= 0.3 is 5.97 Å². The van der Waals surface area contributed by atoms with E-state index in [4.69, 9.17) is 0 Å². The van der Waals surface area contributed by atoms with Crippen molar-refractivity contribution < 1.29 is 14.7 Å². The van der Waals surface area contributed by atoms with Crippen molar-refractivity contribution in [2.45, 2.75) is 32.1 Å². The molecule has 3 rings (SSSR count). The molecule has 0 aliphatic heterocycles. The first-order chi connectivity index (χ1) is 10.2. The summed E-state index contributed by atoms with van der Waals surface area (Å²) in [6.07, 6.45) is 4.90. The van der Waals surface area contributed by atoms with E-state index in [9.17, 15) is 14.7 Å². The van der Waals surface area contributed by atoms with Gasteiger partial charge in [-0.05, 0) is 43.7 Å². The van der Waals surface area contributed by atoms with Crippen LogP contribution in [0.15, 0.2) is 30.3 Å². The minimum absolute atomic E-state index is 0.00764. The maximum atomic E-state index is 12.8. The van der Waals surface area contributed by atoms with E-state index in [2.05, 4.69) is 0 Å². The molecule has 0 bridgehead atoms. The Balaban J connectivity index is 1.77. The lowest BCUT2D eigenvalue weighted by molar-refractivity contribution is -0.152. The highest BCUT2D eigenvalue weighted by molar-refractivity contribution is 5.98. The van der Waals surface area contributed by atoms with Crippen molar-refractivity contribution in [1.82, 2.24) is 0 Å². The third-order valence-electron chi connectivity index (χ3n) is 4.91. The highest BCUT2D eigenvalue weighted by Crippen LogP contribution is 2.38. The zero-order chi connectivity index (χ0) is 14.8. The summed E-state index contributed by atoms with van der Waals surface area (Å²) in [4.78, 5) is 25.8. The van der Waals surface area contributed by atoms with E-state index in [0.29, 0.717) is 18.8 Å². The molecule has 112 valence electrons. The second-order valence-electron chi connectivity index (χ2n) is 6.21. The van der Waals surface area contributed by atoms with Gasteiger partial charge < -0.3 is 10.0 Å². The van der Waals surface area contributed by atoms with Crippen molar-refractivity contribution in [3.05, 3.63) is 30.3 Å². The topological polar surface area (TPSA) is 57.6 Å². The van der Waals surface area contributed by atoms with Crippen molar-refractivity contribution in [3.63, 3.8) is 0 Å². The Morgan fingerprint density at radius 1 is 1.05 bits per heavy atom. The van der Waals surface area contributed by atoms with Crippen LogP contribution in [0.1, 0.15) is 32.1 Å². The largest absolute Gasteiger partial charge is 0.481 e. The molecule has 2 unspecified atom stereocenters. The summed E-state index contributed by atoms with van der Waals surface area (Å²) in [7, 11) is 0. The van der Waals surface area contributed by atoms with E-state index >= 15 is 0 Å². The number of carboxylic acids is 1.